The number of thiocarbonyl (C=S) groups is 1. The fraction of sp³-hybridized carbons (Fsp3) is 0.538. The number of rotatable bonds is 5. The molecule has 1 rings (SSSR count). The number of aromatic nitrogens is 1. The zero-order chi connectivity index (χ0) is 13.0. The Kier molecular flexibility index (Phi) is 4.87. The molecule has 0 aliphatic heterocycles. The monoisotopic (exact) mass is 251 g/mol. The lowest BCUT2D eigenvalue weighted by Gasteiger charge is -2.26. The van der Waals surface area contributed by atoms with Crippen molar-refractivity contribution in [3.05, 3.63) is 23.0 Å². The van der Waals surface area contributed by atoms with Gasteiger partial charge in [0.15, 0.2) is 0 Å². The van der Waals surface area contributed by atoms with E-state index in [0.29, 0.717) is 4.99 Å². The Bertz CT molecular complexity index is 415. The zero-order valence-electron chi connectivity index (χ0n) is 11.1. The first kappa shape index (κ1) is 13.9. The van der Waals surface area contributed by atoms with Crippen molar-refractivity contribution in [1.29, 1.82) is 0 Å². The highest BCUT2D eigenvalue weighted by atomic mass is 32.1. The van der Waals surface area contributed by atoms with Gasteiger partial charge >= 0.3 is 0 Å². The second kappa shape index (κ2) is 5.96. The Morgan fingerprint density at radius 2 is 2.06 bits per heavy atom. The zero-order valence-corrected chi connectivity index (χ0v) is 11.9. The highest BCUT2D eigenvalue weighted by Crippen LogP contribution is 2.24. The minimum Gasteiger partial charge on any atom is -0.389 e. The molecule has 17 heavy (non-hydrogen) atoms. The van der Waals surface area contributed by atoms with Crippen LogP contribution in [0.3, 0.4) is 0 Å². The maximum Gasteiger partial charge on any atom is 0.107 e. The molecule has 1 aromatic heterocycles. The average Bonchev–Trinajstić information content (AvgIpc) is 2.23. The second-order valence-corrected chi connectivity index (χ2v) is 4.63. The predicted molar refractivity (Wildman–Crippen MR) is 77.8 cm³/mol. The molecule has 0 atom stereocenters. The summed E-state index contributed by atoms with van der Waals surface area (Å²) in [5, 5.41) is 0. The fourth-order valence-corrected chi connectivity index (χ4v) is 2.33. The van der Waals surface area contributed by atoms with Crippen LogP contribution >= 0.6 is 12.2 Å². The first-order chi connectivity index (χ1) is 8.01. The third kappa shape index (κ3) is 3.16. The molecular formula is C13H21N3S. The normalized spacial score (nSPS) is 10.4. The van der Waals surface area contributed by atoms with Gasteiger partial charge in [-0.05, 0) is 33.3 Å². The van der Waals surface area contributed by atoms with E-state index in [-0.39, 0.29) is 0 Å². The summed E-state index contributed by atoms with van der Waals surface area (Å²) in [5.74, 6) is 0. The lowest BCUT2D eigenvalue weighted by atomic mass is 10.1. The highest BCUT2D eigenvalue weighted by molar-refractivity contribution is 7.80. The van der Waals surface area contributed by atoms with E-state index >= 15 is 0 Å². The Labute approximate surface area is 109 Å². The first-order valence-corrected chi connectivity index (χ1v) is 6.45. The van der Waals surface area contributed by atoms with Crippen molar-refractivity contribution in [3.63, 3.8) is 0 Å². The van der Waals surface area contributed by atoms with E-state index < -0.39 is 0 Å². The minimum atomic E-state index is 0.430. The predicted octanol–water partition coefficient (Wildman–Crippen LogP) is 2.57. The van der Waals surface area contributed by atoms with E-state index in [1.165, 1.54) is 0 Å². The summed E-state index contributed by atoms with van der Waals surface area (Å²) in [5.41, 5.74) is 9.78. The summed E-state index contributed by atoms with van der Waals surface area (Å²) in [4.78, 5) is 7.17. The molecule has 3 nitrogen and oxygen atoms in total. The molecule has 0 unspecified atom stereocenters. The van der Waals surface area contributed by atoms with Crippen LogP contribution in [0.1, 0.15) is 37.2 Å². The first-order valence-electron chi connectivity index (χ1n) is 6.04. The number of pyridine rings is 1. The van der Waals surface area contributed by atoms with Gasteiger partial charge in [0.05, 0.1) is 11.3 Å². The number of nitrogens with zero attached hydrogens (tertiary/aromatic N) is 2. The summed E-state index contributed by atoms with van der Waals surface area (Å²) in [6.07, 6.45) is 1.10. The number of anilines is 1. The van der Waals surface area contributed by atoms with Crippen LogP contribution < -0.4 is 10.6 Å². The van der Waals surface area contributed by atoms with E-state index in [9.17, 15) is 0 Å². The van der Waals surface area contributed by atoms with Crippen LogP contribution in [0.25, 0.3) is 0 Å². The minimum absolute atomic E-state index is 0.430. The van der Waals surface area contributed by atoms with Crippen molar-refractivity contribution in [1.82, 2.24) is 4.98 Å². The van der Waals surface area contributed by atoms with E-state index in [2.05, 4.69) is 29.8 Å². The van der Waals surface area contributed by atoms with Crippen molar-refractivity contribution in [2.24, 2.45) is 5.73 Å². The van der Waals surface area contributed by atoms with Crippen molar-refractivity contribution < 1.29 is 0 Å². The van der Waals surface area contributed by atoms with Crippen molar-refractivity contribution >= 4 is 22.9 Å². The number of aryl methyl sites for hydroxylation is 2. The molecule has 0 saturated heterocycles. The van der Waals surface area contributed by atoms with Crippen LogP contribution in [-0.2, 0) is 0 Å². The standard InChI is InChI=1S/C13H21N3S/c1-5-7-16(6-2)11-8-9(3)15-10(4)12(11)13(14)17/h8H,5-7H2,1-4H3,(H2,14,17). The van der Waals surface area contributed by atoms with Gasteiger partial charge in [0.25, 0.3) is 0 Å². The summed E-state index contributed by atoms with van der Waals surface area (Å²) < 4.78 is 0. The van der Waals surface area contributed by atoms with Crippen molar-refractivity contribution in [3.8, 4) is 0 Å². The molecule has 94 valence electrons. The molecule has 1 aromatic rings. The second-order valence-electron chi connectivity index (χ2n) is 4.19. The fourth-order valence-electron chi connectivity index (χ4n) is 2.08. The quantitative estimate of drug-likeness (QED) is 0.817. The molecule has 2 N–H and O–H groups in total. The van der Waals surface area contributed by atoms with Crippen LogP contribution in [0.4, 0.5) is 5.69 Å². The van der Waals surface area contributed by atoms with Crippen LogP contribution in [0, 0.1) is 13.8 Å². The summed E-state index contributed by atoms with van der Waals surface area (Å²) in [7, 11) is 0. The molecule has 0 aliphatic rings. The van der Waals surface area contributed by atoms with Gasteiger partial charge in [0.2, 0.25) is 0 Å². The SMILES string of the molecule is CCCN(CC)c1cc(C)nc(C)c1C(N)=S. The smallest absolute Gasteiger partial charge is 0.107 e. The molecule has 1 heterocycles. The van der Waals surface area contributed by atoms with E-state index in [1.54, 1.807) is 0 Å². The molecule has 0 aliphatic carbocycles. The molecule has 4 heteroatoms. The maximum atomic E-state index is 5.82. The van der Waals surface area contributed by atoms with E-state index in [0.717, 1.165) is 42.1 Å². The van der Waals surface area contributed by atoms with Gasteiger partial charge in [-0.2, -0.15) is 0 Å². The topological polar surface area (TPSA) is 42.2 Å². The van der Waals surface area contributed by atoms with Gasteiger partial charge < -0.3 is 10.6 Å². The Morgan fingerprint density at radius 1 is 1.41 bits per heavy atom. The van der Waals surface area contributed by atoms with Crippen LogP contribution in [0.15, 0.2) is 6.07 Å². The van der Waals surface area contributed by atoms with E-state index in [1.807, 2.05) is 13.8 Å². The van der Waals surface area contributed by atoms with Crippen LogP contribution in [0.5, 0.6) is 0 Å². The lowest BCUT2D eigenvalue weighted by Crippen LogP contribution is -2.27. The highest BCUT2D eigenvalue weighted by Gasteiger charge is 2.15. The summed E-state index contributed by atoms with van der Waals surface area (Å²) in [6.45, 7) is 10.2. The van der Waals surface area contributed by atoms with Gasteiger partial charge in [0, 0.05) is 24.5 Å². The summed E-state index contributed by atoms with van der Waals surface area (Å²) >= 11 is 5.14. The lowest BCUT2D eigenvalue weighted by molar-refractivity contribution is 0.788. The third-order valence-corrected chi connectivity index (χ3v) is 2.97. The average molecular weight is 251 g/mol. The van der Waals surface area contributed by atoms with Crippen LogP contribution in [0.2, 0.25) is 0 Å². The molecule has 0 bridgehead atoms. The molecule has 0 fully saturated rings. The summed E-state index contributed by atoms with van der Waals surface area (Å²) in [6, 6.07) is 2.07. The Morgan fingerprint density at radius 3 is 2.53 bits per heavy atom. The number of hydrogen-bond donors (Lipinski definition) is 1. The Balaban J connectivity index is 3.32. The Hall–Kier alpha value is -1.16. The number of nitrogens with two attached hydrogens (primary N) is 1. The molecule has 0 spiro atoms. The molecular weight excluding hydrogens is 230 g/mol. The van der Waals surface area contributed by atoms with Gasteiger partial charge in [-0.25, -0.2) is 0 Å². The van der Waals surface area contributed by atoms with Gasteiger partial charge in [-0.3, -0.25) is 4.98 Å². The molecule has 0 saturated carbocycles. The van der Waals surface area contributed by atoms with Crippen molar-refractivity contribution in [2.45, 2.75) is 34.1 Å². The molecule has 0 aromatic carbocycles. The van der Waals surface area contributed by atoms with Gasteiger partial charge in [-0.15, -0.1) is 0 Å². The van der Waals surface area contributed by atoms with Gasteiger partial charge in [0.1, 0.15) is 4.99 Å². The van der Waals surface area contributed by atoms with E-state index in [4.69, 9.17) is 18.0 Å². The van der Waals surface area contributed by atoms with Gasteiger partial charge in [-0.1, -0.05) is 19.1 Å². The number of hydrogen-bond acceptors (Lipinski definition) is 3. The van der Waals surface area contributed by atoms with Crippen LogP contribution in [-0.4, -0.2) is 23.1 Å². The third-order valence-electron chi connectivity index (χ3n) is 2.77. The van der Waals surface area contributed by atoms with Crippen molar-refractivity contribution in [2.75, 3.05) is 18.0 Å². The largest absolute Gasteiger partial charge is 0.389 e. The molecule has 0 amide bonds. The maximum absolute atomic E-state index is 5.82. The molecule has 0 radical (unpaired) electrons.